The van der Waals surface area contributed by atoms with Crippen molar-refractivity contribution in [1.82, 2.24) is 4.72 Å². The Bertz CT molecular complexity index is 801. The zero-order valence-electron chi connectivity index (χ0n) is 14.0. The molecule has 1 unspecified atom stereocenters. The third kappa shape index (κ3) is 5.58. The van der Waals surface area contributed by atoms with Gasteiger partial charge >= 0.3 is 0 Å². The maximum absolute atomic E-state index is 12.5. The summed E-state index contributed by atoms with van der Waals surface area (Å²) >= 11 is 0. The van der Waals surface area contributed by atoms with Gasteiger partial charge in [0.25, 0.3) is 0 Å². The number of rotatable bonds is 8. The quantitative estimate of drug-likeness (QED) is 0.770. The molecule has 0 aliphatic heterocycles. The Hall–Kier alpha value is -2.38. The number of hydrogen-bond acceptors (Lipinski definition) is 5. The van der Waals surface area contributed by atoms with Crippen LogP contribution in [0.3, 0.4) is 0 Å². The van der Waals surface area contributed by atoms with Gasteiger partial charge in [-0.25, -0.2) is 13.1 Å². The Morgan fingerprint density at radius 2 is 1.68 bits per heavy atom. The third-order valence-corrected chi connectivity index (χ3v) is 4.86. The predicted octanol–water partition coefficient (Wildman–Crippen LogP) is 1.63. The number of sulfonamides is 1. The molecule has 25 heavy (non-hydrogen) atoms. The smallest absolute Gasteiger partial charge is 0.241 e. The summed E-state index contributed by atoms with van der Waals surface area (Å²) in [5, 5.41) is 11.0. The summed E-state index contributed by atoms with van der Waals surface area (Å²) in [5.41, 5.74) is 0.514. The van der Waals surface area contributed by atoms with Crippen molar-refractivity contribution in [3.8, 4) is 5.75 Å². The molecule has 1 atom stereocenters. The molecule has 0 saturated carbocycles. The van der Waals surface area contributed by atoms with Gasteiger partial charge in [-0.05, 0) is 43.7 Å². The van der Waals surface area contributed by atoms with Crippen molar-refractivity contribution in [2.24, 2.45) is 0 Å². The average molecular weight is 362 g/mol. The van der Waals surface area contributed by atoms with Gasteiger partial charge in [-0.15, -0.1) is 0 Å². The highest BCUT2D eigenvalue weighted by atomic mass is 32.2. The van der Waals surface area contributed by atoms with Gasteiger partial charge in [0.1, 0.15) is 5.75 Å². The summed E-state index contributed by atoms with van der Waals surface area (Å²) in [6, 6.07) is 13.5. The lowest BCUT2D eigenvalue weighted by Gasteiger charge is -2.20. The summed E-state index contributed by atoms with van der Waals surface area (Å²) in [5.74, 6) is -0.722. The molecule has 0 heterocycles. The molecule has 0 radical (unpaired) electrons. The lowest BCUT2D eigenvalue weighted by atomic mass is 10.0. The average Bonchev–Trinajstić information content (AvgIpc) is 2.54. The van der Waals surface area contributed by atoms with Gasteiger partial charge in [-0.1, -0.05) is 30.3 Å². The number of carboxylic acid groups (broad SMARTS) is 1. The van der Waals surface area contributed by atoms with E-state index >= 15 is 0 Å². The first-order valence-corrected chi connectivity index (χ1v) is 9.30. The Morgan fingerprint density at radius 1 is 1.08 bits per heavy atom. The number of hydrogen-bond donors (Lipinski definition) is 1. The molecule has 0 bridgehead atoms. The fourth-order valence-corrected chi connectivity index (χ4v) is 3.55. The van der Waals surface area contributed by atoms with E-state index < -0.39 is 28.5 Å². The highest BCUT2D eigenvalue weighted by Gasteiger charge is 2.21. The van der Waals surface area contributed by atoms with Crippen molar-refractivity contribution < 1.29 is 23.1 Å². The Labute approximate surface area is 147 Å². The molecule has 0 fully saturated rings. The molecule has 2 rings (SSSR count). The molecule has 134 valence electrons. The summed E-state index contributed by atoms with van der Waals surface area (Å²) in [6.07, 6.45) is -0.474. The maximum atomic E-state index is 12.5. The highest BCUT2D eigenvalue weighted by molar-refractivity contribution is 7.89. The van der Waals surface area contributed by atoms with E-state index in [0.717, 1.165) is 0 Å². The van der Waals surface area contributed by atoms with E-state index in [1.807, 2.05) is 13.8 Å². The Kier molecular flexibility index (Phi) is 6.17. The molecule has 0 spiro atoms. The van der Waals surface area contributed by atoms with Crippen molar-refractivity contribution >= 4 is 16.0 Å². The third-order valence-electron chi connectivity index (χ3n) is 3.38. The molecule has 7 heteroatoms. The first-order valence-electron chi connectivity index (χ1n) is 7.82. The zero-order valence-corrected chi connectivity index (χ0v) is 14.8. The van der Waals surface area contributed by atoms with E-state index in [4.69, 9.17) is 4.74 Å². The monoisotopic (exact) mass is 362 g/mol. The fraction of sp³-hybridized carbons (Fsp3) is 0.278. The van der Waals surface area contributed by atoms with Crippen LogP contribution in [0.5, 0.6) is 5.75 Å². The topological polar surface area (TPSA) is 95.5 Å². The minimum absolute atomic E-state index is 0.00134. The van der Waals surface area contributed by atoms with Crippen molar-refractivity contribution in [3.05, 3.63) is 60.2 Å². The van der Waals surface area contributed by atoms with E-state index in [-0.39, 0.29) is 11.0 Å². The molecule has 0 aliphatic carbocycles. The van der Waals surface area contributed by atoms with Gasteiger partial charge in [0.2, 0.25) is 10.0 Å². The molecule has 6 nitrogen and oxygen atoms in total. The van der Waals surface area contributed by atoms with Crippen molar-refractivity contribution in [1.29, 1.82) is 0 Å². The van der Waals surface area contributed by atoms with E-state index in [2.05, 4.69) is 4.72 Å². The number of carbonyl (C=O) groups excluding carboxylic acids is 1. The van der Waals surface area contributed by atoms with Crippen LogP contribution in [-0.4, -0.2) is 20.5 Å². The van der Waals surface area contributed by atoms with Crippen LogP contribution in [0, 0.1) is 0 Å². The van der Waals surface area contributed by atoms with Gasteiger partial charge in [0.15, 0.2) is 0 Å². The molecule has 0 aliphatic rings. The summed E-state index contributed by atoms with van der Waals surface area (Å²) in [7, 11) is -3.85. The lowest BCUT2D eigenvalue weighted by Crippen LogP contribution is -2.34. The molecular weight excluding hydrogens is 342 g/mol. The van der Waals surface area contributed by atoms with Crippen molar-refractivity contribution in [2.75, 3.05) is 0 Å². The number of aliphatic carboxylic acids is 1. The van der Waals surface area contributed by atoms with Crippen LogP contribution in [0.25, 0.3) is 0 Å². The maximum Gasteiger partial charge on any atom is 0.241 e. The number of carboxylic acids is 1. The second-order valence-electron chi connectivity index (χ2n) is 5.80. The van der Waals surface area contributed by atoms with E-state index in [1.54, 1.807) is 42.5 Å². The summed E-state index contributed by atoms with van der Waals surface area (Å²) in [4.78, 5) is 11.1. The second-order valence-corrected chi connectivity index (χ2v) is 7.51. The van der Waals surface area contributed by atoms with Crippen molar-refractivity contribution in [3.63, 3.8) is 0 Å². The number of benzene rings is 2. The van der Waals surface area contributed by atoms with Crippen LogP contribution in [0.15, 0.2) is 59.5 Å². The van der Waals surface area contributed by atoms with Crippen LogP contribution in [-0.2, 0) is 14.8 Å². The van der Waals surface area contributed by atoms with E-state index in [0.29, 0.717) is 11.3 Å². The molecule has 1 N–H and O–H groups in total. The normalized spacial score (nSPS) is 12.8. The highest BCUT2D eigenvalue weighted by Crippen LogP contribution is 2.23. The molecule has 0 saturated heterocycles. The summed E-state index contributed by atoms with van der Waals surface area (Å²) < 4.78 is 32.9. The van der Waals surface area contributed by atoms with E-state index in [9.17, 15) is 18.3 Å². The second kappa shape index (κ2) is 8.13. The fourth-order valence-electron chi connectivity index (χ4n) is 2.30. The van der Waals surface area contributed by atoms with Crippen LogP contribution in [0.2, 0.25) is 0 Å². The molecule has 0 amide bonds. The minimum atomic E-state index is -3.85. The molecule has 2 aromatic rings. The standard InChI is InChI=1S/C18H21NO5S/c1-13(2)24-15-10-8-14(9-11-15)17(12-18(20)21)19-25(22,23)16-6-4-3-5-7-16/h3-11,13,17,19H,12H2,1-2H3,(H,20,21)/p-1. The van der Waals surface area contributed by atoms with Crippen LogP contribution >= 0.6 is 0 Å². The summed E-state index contributed by atoms with van der Waals surface area (Å²) in [6.45, 7) is 3.78. The van der Waals surface area contributed by atoms with Crippen molar-refractivity contribution in [2.45, 2.75) is 37.3 Å². The number of ether oxygens (including phenoxy) is 1. The largest absolute Gasteiger partial charge is 0.550 e. The van der Waals surface area contributed by atoms with Gasteiger partial charge < -0.3 is 14.6 Å². The van der Waals surface area contributed by atoms with Crippen LogP contribution in [0.4, 0.5) is 0 Å². The Balaban J connectivity index is 2.26. The molecule has 2 aromatic carbocycles. The minimum Gasteiger partial charge on any atom is -0.550 e. The zero-order chi connectivity index (χ0) is 18.4. The van der Waals surface area contributed by atoms with Gasteiger partial charge in [0, 0.05) is 12.4 Å². The SMILES string of the molecule is CC(C)Oc1ccc(C(CC(=O)[O-])NS(=O)(=O)c2ccccc2)cc1. The predicted molar refractivity (Wildman–Crippen MR) is 91.3 cm³/mol. The van der Waals surface area contributed by atoms with Gasteiger partial charge in [-0.2, -0.15) is 0 Å². The first-order chi connectivity index (χ1) is 11.8. The van der Waals surface area contributed by atoms with Crippen LogP contribution in [0.1, 0.15) is 31.9 Å². The van der Waals surface area contributed by atoms with Gasteiger partial charge in [0.05, 0.1) is 17.0 Å². The Morgan fingerprint density at radius 3 is 2.20 bits per heavy atom. The van der Waals surface area contributed by atoms with Gasteiger partial charge in [-0.3, -0.25) is 0 Å². The number of carbonyl (C=O) groups is 1. The molecule has 0 aromatic heterocycles. The van der Waals surface area contributed by atoms with E-state index in [1.165, 1.54) is 12.1 Å². The first kappa shape index (κ1) is 19.0. The number of nitrogens with one attached hydrogen (secondary N) is 1. The molecular formula is C18H20NO5S-. The van der Waals surface area contributed by atoms with Crippen LogP contribution < -0.4 is 14.6 Å². The lowest BCUT2D eigenvalue weighted by molar-refractivity contribution is -0.306.